The summed E-state index contributed by atoms with van der Waals surface area (Å²) in [6.45, 7) is 0.579. The second kappa shape index (κ2) is 7.66. The predicted octanol–water partition coefficient (Wildman–Crippen LogP) is 2.77. The lowest BCUT2D eigenvalue weighted by Crippen LogP contribution is -2.34. The standard InChI is InChI=1S/C19H18ClNO5/c1-25-16-4-2-3-14(20)13(16)10-17(22)21-18(19(23)24)12-5-6-15-11(9-12)7-8-26-15/h2-6,9,18H,7-8,10H2,1H3,(H,21,22)(H,23,24). The summed E-state index contributed by atoms with van der Waals surface area (Å²) in [7, 11) is 1.49. The van der Waals surface area contributed by atoms with Gasteiger partial charge in [-0.15, -0.1) is 0 Å². The molecule has 0 aromatic heterocycles. The zero-order valence-electron chi connectivity index (χ0n) is 14.1. The number of halogens is 1. The Bertz CT molecular complexity index is 852. The number of nitrogens with one attached hydrogen (secondary N) is 1. The van der Waals surface area contributed by atoms with Crippen molar-refractivity contribution in [2.75, 3.05) is 13.7 Å². The molecule has 26 heavy (non-hydrogen) atoms. The highest BCUT2D eigenvalue weighted by Gasteiger charge is 2.25. The first kappa shape index (κ1) is 18.1. The van der Waals surface area contributed by atoms with Crippen LogP contribution in [-0.2, 0) is 22.4 Å². The number of hydrogen-bond donors (Lipinski definition) is 2. The van der Waals surface area contributed by atoms with Crippen LogP contribution in [0, 0.1) is 0 Å². The lowest BCUT2D eigenvalue weighted by atomic mass is 10.0. The highest BCUT2D eigenvalue weighted by atomic mass is 35.5. The summed E-state index contributed by atoms with van der Waals surface area (Å²) in [6, 6.07) is 9.07. The van der Waals surface area contributed by atoms with E-state index in [1.165, 1.54) is 7.11 Å². The van der Waals surface area contributed by atoms with Crippen molar-refractivity contribution in [3.05, 3.63) is 58.1 Å². The van der Waals surface area contributed by atoms with E-state index in [9.17, 15) is 14.7 Å². The first-order valence-electron chi connectivity index (χ1n) is 8.08. The molecule has 0 radical (unpaired) electrons. The fourth-order valence-electron chi connectivity index (χ4n) is 2.95. The Morgan fingerprint density at radius 2 is 2.15 bits per heavy atom. The normalized spacial score (nSPS) is 13.5. The number of amides is 1. The molecule has 2 N–H and O–H groups in total. The second-order valence-corrected chi connectivity index (χ2v) is 6.31. The van der Waals surface area contributed by atoms with Gasteiger partial charge in [0.15, 0.2) is 6.04 Å². The average molecular weight is 376 g/mol. The number of aliphatic carboxylic acids is 1. The Balaban J connectivity index is 1.79. The van der Waals surface area contributed by atoms with Crippen LogP contribution in [0.5, 0.6) is 11.5 Å². The van der Waals surface area contributed by atoms with Crippen LogP contribution >= 0.6 is 11.6 Å². The Morgan fingerprint density at radius 1 is 1.35 bits per heavy atom. The SMILES string of the molecule is COc1cccc(Cl)c1CC(=O)NC(C(=O)O)c1ccc2c(c1)CCO2. The first-order chi connectivity index (χ1) is 12.5. The van der Waals surface area contributed by atoms with E-state index in [1.807, 2.05) is 0 Å². The van der Waals surface area contributed by atoms with Crippen LogP contribution in [0.2, 0.25) is 5.02 Å². The Morgan fingerprint density at radius 3 is 2.88 bits per heavy atom. The zero-order valence-corrected chi connectivity index (χ0v) is 14.9. The van der Waals surface area contributed by atoms with E-state index >= 15 is 0 Å². The number of methoxy groups -OCH3 is 1. The quantitative estimate of drug-likeness (QED) is 0.811. The molecule has 1 aliphatic rings. The predicted molar refractivity (Wildman–Crippen MR) is 95.9 cm³/mol. The molecular weight excluding hydrogens is 358 g/mol. The molecule has 2 aromatic rings. The zero-order chi connectivity index (χ0) is 18.7. The van der Waals surface area contributed by atoms with E-state index in [2.05, 4.69) is 5.32 Å². The van der Waals surface area contributed by atoms with Crippen LogP contribution < -0.4 is 14.8 Å². The van der Waals surface area contributed by atoms with E-state index in [-0.39, 0.29) is 6.42 Å². The molecule has 3 rings (SSSR count). The molecule has 1 atom stereocenters. The maximum Gasteiger partial charge on any atom is 0.330 e. The number of hydrogen-bond acceptors (Lipinski definition) is 4. The van der Waals surface area contributed by atoms with Gasteiger partial charge in [-0.05, 0) is 35.4 Å². The lowest BCUT2D eigenvalue weighted by Gasteiger charge is -2.17. The number of benzene rings is 2. The van der Waals surface area contributed by atoms with Crippen LogP contribution in [0.3, 0.4) is 0 Å². The van der Waals surface area contributed by atoms with Crippen LogP contribution in [0.4, 0.5) is 0 Å². The van der Waals surface area contributed by atoms with Crippen molar-refractivity contribution < 1.29 is 24.2 Å². The molecule has 1 unspecified atom stereocenters. The van der Waals surface area contributed by atoms with E-state index in [4.69, 9.17) is 21.1 Å². The van der Waals surface area contributed by atoms with Gasteiger partial charge < -0.3 is 19.9 Å². The summed E-state index contributed by atoms with van der Waals surface area (Å²) < 4.78 is 10.6. The minimum atomic E-state index is -1.15. The molecule has 6 nitrogen and oxygen atoms in total. The van der Waals surface area contributed by atoms with Gasteiger partial charge in [-0.1, -0.05) is 23.7 Å². The van der Waals surface area contributed by atoms with Gasteiger partial charge in [-0.3, -0.25) is 4.79 Å². The fourth-order valence-corrected chi connectivity index (χ4v) is 3.18. The number of fused-ring (bicyclic) bond motifs is 1. The molecule has 1 heterocycles. The Kier molecular flexibility index (Phi) is 5.32. The number of carboxylic acid groups (broad SMARTS) is 1. The molecule has 0 aliphatic carbocycles. The largest absolute Gasteiger partial charge is 0.496 e. The van der Waals surface area contributed by atoms with Gasteiger partial charge in [0.25, 0.3) is 0 Å². The van der Waals surface area contributed by atoms with Crippen molar-refractivity contribution in [1.82, 2.24) is 5.32 Å². The monoisotopic (exact) mass is 375 g/mol. The van der Waals surface area contributed by atoms with Crippen LogP contribution in [0.1, 0.15) is 22.7 Å². The van der Waals surface area contributed by atoms with Crippen LogP contribution in [-0.4, -0.2) is 30.7 Å². The average Bonchev–Trinajstić information content (AvgIpc) is 3.08. The summed E-state index contributed by atoms with van der Waals surface area (Å²) in [6.07, 6.45) is 0.640. The summed E-state index contributed by atoms with van der Waals surface area (Å²) in [4.78, 5) is 24.1. The third-order valence-electron chi connectivity index (χ3n) is 4.23. The van der Waals surface area contributed by atoms with E-state index in [0.717, 1.165) is 17.7 Å². The van der Waals surface area contributed by atoms with Gasteiger partial charge in [0, 0.05) is 17.0 Å². The Labute approximate surface area is 155 Å². The van der Waals surface area contributed by atoms with Crippen molar-refractivity contribution in [1.29, 1.82) is 0 Å². The summed E-state index contributed by atoms with van der Waals surface area (Å²) in [5, 5.41) is 12.5. The molecule has 136 valence electrons. The van der Waals surface area contributed by atoms with Gasteiger partial charge in [0.05, 0.1) is 20.1 Å². The molecular formula is C19H18ClNO5. The fraction of sp³-hybridized carbons (Fsp3) is 0.263. The molecule has 1 aliphatic heterocycles. The number of ether oxygens (including phenoxy) is 2. The molecule has 1 amide bonds. The molecule has 0 bridgehead atoms. The number of carboxylic acids is 1. The minimum Gasteiger partial charge on any atom is -0.496 e. The Hall–Kier alpha value is -2.73. The number of carbonyl (C=O) groups is 2. The summed E-state index contributed by atoms with van der Waals surface area (Å²) in [5.41, 5.74) is 1.96. The third-order valence-corrected chi connectivity index (χ3v) is 4.59. The maximum atomic E-state index is 12.4. The van der Waals surface area contributed by atoms with E-state index in [0.29, 0.717) is 28.5 Å². The first-order valence-corrected chi connectivity index (χ1v) is 8.46. The van der Waals surface area contributed by atoms with Crippen LogP contribution in [0.15, 0.2) is 36.4 Å². The lowest BCUT2D eigenvalue weighted by molar-refractivity contribution is -0.141. The third kappa shape index (κ3) is 3.75. The number of carbonyl (C=O) groups excluding carboxylic acids is 1. The van der Waals surface area contributed by atoms with Crippen LogP contribution in [0.25, 0.3) is 0 Å². The highest BCUT2D eigenvalue weighted by molar-refractivity contribution is 6.31. The van der Waals surface area contributed by atoms with Crippen molar-refractivity contribution in [2.24, 2.45) is 0 Å². The van der Waals surface area contributed by atoms with Gasteiger partial charge >= 0.3 is 5.97 Å². The molecule has 2 aromatic carbocycles. The topological polar surface area (TPSA) is 84.9 Å². The van der Waals surface area contributed by atoms with Gasteiger partial charge in [-0.2, -0.15) is 0 Å². The van der Waals surface area contributed by atoms with Gasteiger partial charge in [0.2, 0.25) is 5.91 Å². The second-order valence-electron chi connectivity index (χ2n) is 5.90. The molecule has 0 fully saturated rings. The van der Waals surface area contributed by atoms with Crippen molar-refractivity contribution in [2.45, 2.75) is 18.9 Å². The minimum absolute atomic E-state index is 0.0827. The van der Waals surface area contributed by atoms with Crippen molar-refractivity contribution in [3.8, 4) is 11.5 Å². The summed E-state index contributed by atoms with van der Waals surface area (Å²) in [5.74, 6) is -0.358. The smallest absolute Gasteiger partial charge is 0.330 e. The van der Waals surface area contributed by atoms with E-state index < -0.39 is 17.9 Å². The summed E-state index contributed by atoms with van der Waals surface area (Å²) >= 11 is 6.14. The molecule has 0 saturated heterocycles. The molecule has 0 spiro atoms. The van der Waals surface area contributed by atoms with Crippen molar-refractivity contribution in [3.63, 3.8) is 0 Å². The molecule has 7 heteroatoms. The number of rotatable bonds is 6. The molecule has 0 saturated carbocycles. The highest BCUT2D eigenvalue weighted by Crippen LogP contribution is 2.29. The van der Waals surface area contributed by atoms with Gasteiger partial charge in [0.1, 0.15) is 11.5 Å². The maximum absolute atomic E-state index is 12.4. The van der Waals surface area contributed by atoms with Gasteiger partial charge in [-0.25, -0.2) is 4.79 Å². The van der Waals surface area contributed by atoms with Crippen molar-refractivity contribution >= 4 is 23.5 Å². The van der Waals surface area contributed by atoms with E-state index in [1.54, 1.807) is 36.4 Å².